The first-order chi connectivity index (χ1) is 11.4. The quantitative estimate of drug-likeness (QED) is 0.460. The summed E-state index contributed by atoms with van der Waals surface area (Å²) in [5, 5.41) is 25.0. The number of hydrogen-bond acceptors (Lipinski definition) is 7. The van der Waals surface area contributed by atoms with Gasteiger partial charge >= 0.3 is 5.97 Å². The summed E-state index contributed by atoms with van der Waals surface area (Å²) >= 11 is 0. The molecule has 0 fully saturated rings. The molecule has 0 aliphatic carbocycles. The molecule has 0 N–H and O–H groups in total. The average Bonchev–Trinajstić information content (AvgIpc) is 2.80. The zero-order valence-electron chi connectivity index (χ0n) is 13.1. The van der Waals surface area contributed by atoms with Crippen molar-refractivity contribution >= 4 is 29.0 Å². The van der Waals surface area contributed by atoms with Crippen LogP contribution >= 0.6 is 0 Å². The highest BCUT2D eigenvalue weighted by atomic mass is 16.6. The Morgan fingerprint density at radius 3 is 2.58 bits per heavy atom. The molecule has 1 aromatic rings. The van der Waals surface area contributed by atoms with Crippen LogP contribution in [0.25, 0.3) is 0 Å². The molecule has 2 rings (SSSR count). The number of rotatable bonds is 5. The molecule has 1 aliphatic heterocycles. The van der Waals surface area contributed by atoms with E-state index >= 15 is 0 Å². The number of carbonyl (C=O) groups excluding carboxylic acids is 2. The Morgan fingerprint density at radius 2 is 2.08 bits per heavy atom. The van der Waals surface area contributed by atoms with E-state index in [0.29, 0.717) is 11.4 Å². The van der Waals surface area contributed by atoms with Gasteiger partial charge in [0.1, 0.15) is 5.41 Å². The van der Waals surface area contributed by atoms with Gasteiger partial charge in [0.2, 0.25) is 0 Å². The van der Waals surface area contributed by atoms with Crippen LogP contribution in [0.4, 0.5) is 11.4 Å². The van der Waals surface area contributed by atoms with Crippen molar-refractivity contribution in [1.82, 2.24) is 0 Å². The Labute approximate surface area is 137 Å². The minimum atomic E-state index is -1.39. The van der Waals surface area contributed by atoms with Crippen LogP contribution in [0.1, 0.15) is 19.8 Å². The number of esters is 1. The van der Waals surface area contributed by atoms with Gasteiger partial charge in [-0.05, 0) is 19.1 Å². The Bertz CT molecular complexity index is 765. The van der Waals surface area contributed by atoms with Crippen molar-refractivity contribution in [1.29, 1.82) is 5.26 Å². The first-order valence-electron chi connectivity index (χ1n) is 6.94. The summed E-state index contributed by atoms with van der Waals surface area (Å²) in [5.41, 5.74) is -0.875. The van der Waals surface area contributed by atoms with Crippen molar-refractivity contribution < 1.29 is 19.2 Å². The summed E-state index contributed by atoms with van der Waals surface area (Å²) in [5.74, 6) is -1.17. The lowest BCUT2D eigenvalue weighted by Crippen LogP contribution is -2.41. The number of amides is 1. The summed E-state index contributed by atoms with van der Waals surface area (Å²) in [6.45, 7) is 1.56. The van der Waals surface area contributed by atoms with Crippen molar-refractivity contribution in [2.45, 2.75) is 19.8 Å². The Balaban J connectivity index is 2.39. The summed E-state index contributed by atoms with van der Waals surface area (Å²) in [4.78, 5) is 34.6. The lowest BCUT2D eigenvalue weighted by atomic mass is 9.77. The first kappa shape index (κ1) is 17.1. The van der Waals surface area contributed by atoms with Gasteiger partial charge in [-0.3, -0.25) is 19.7 Å². The van der Waals surface area contributed by atoms with Crippen LogP contribution in [0.2, 0.25) is 0 Å². The lowest BCUT2D eigenvalue weighted by Gasteiger charge is -2.24. The maximum Gasteiger partial charge on any atom is 0.307 e. The zero-order chi connectivity index (χ0) is 17.9. The Hall–Kier alpha value is -3.28. The molecule has 24 heavy (non-hydrogen) atoms. The van der Waals surface area contributed by atoms with Crippen LogP contribution in [0, 0.1) is 26.9 Å². The number of benzene rings is 1. The van der Waals surface area contributed by atoms with Crippen LogP contribution in [-0.2, 0) is 14.3 Å². The van der Waals surface area contributed by atoms with E-state index in [2.05, 4.69) is 9.84 Å². The van der Waals surface area contributed by atoms with Gasteiger partial charge in [-0.2, -0.15) is 15.4 Å². The smallest absolute Gasteiger partial charge is 0.307 e. The molecule has 124 valence electrons. The molecule has 1 heterocycles. The van der Waals surface area contributed by atoms with E-state index < -0.39 is 22.2 Å². The standard InChI is InChI=1S/C15H14N4O5/c1-10-15(7-8-16,9-13(20)24-2)14(21)18(17-10)11-3-5-12(6-4-11)19(22)23/h3-6H,7,9H2,1-2H3. The van der Waals surface area contributed by atoms with Crippen LogP contribution in [0.5, 0.6) is 0 Å². The van der Waals surface area contributed by atoms with E-state index in [4.69, 9.17) is 5.26 Å². The molecule has 0 spiro atoms. The number of methoxy groups -OCH3 is 1. The number of hydrazone groups is 1. The normalized spacial score (nSPS) is 19.6. The van der Waals surface area contributed by atoms with Crippen LogP contribution in [-0.4, -0.2) is 29.6 Å². The second-order valence-corrected chi connectivity index (χ2v) is 5.25. The number of nitro groups is 1. The topological polar surface area (TPSA) is 126 Å². The highest BCUT2D eigenvalue weighted by Crippen LogP contribution is 2.39. The molecular weight excluding hydrogens is 316 g/mol. The molecule has 0 saturated carbocycles. The van der Waals surface area contributed by atoms with Crippen LogP contribution < -0.4 is 5.01 Å². The van der Waals surface area contributed by atoms with E-state index in [1.165, 1.54) is 31.4 Å². The van der Waals surface area contributed by atoms with Gasteiger partial charge in [0.05, 0.1) is 42.3 Å². The second-order valence-electron chi connectivity index (χ2n) is 5.25. The van der Waals surface area contributed by atoms with Gasteiger partial charge in [0.25, 0.3) is 11.6 Å². The molecule has 0 saturated heterocycles. The van der Waals surface area contributed by atoms with Crippen molar-refractivity contribution in [3.8, 4) is 6.07 Å². The highest BCUT2D eigenvalue weighted by Gasteiger charge is 2.51. The molecule has 1 aliphatic rings. The number of carbonyl (C=O) groups is 2. The van der Waals surface area contributed by atoms with E-state index in [0.717, 1.165) is 5.01 Å². The fourth-order valence-electron chi connectivity index (χ4n) is 2.46. The van der Waals surface area contributed by atoms with Crippen molar-refractivity contribution in [2.24, 2.45) is 10.5 Å². The first-order valence-corrected chi connectivity index (χ1v) is 6.94. The van der Waals surface area contributed by atoms with Crippen LogP contribution in [0.3, 0.4) is 0 Å². The Kier molecular flexibility index (Phi) is 4.59. The van der Waals surface area contributed by atoms with E-state index in [1.54, 1.807) is 6.92 Å². The fraction of sp³-hybridized carbons (Fsp3) is 0.333. The van der Waals surface area contributed by atoms with Gasteiger partial charge in [0, 0.05) is 12.1 Å². The predicted octanol–water partition coefficient (Wildman–Crippen LogP) is 1.78. The van der Waals surface area contributed by atoms with Gasteiger partial charge < -0.3 is 4.74 Å². The molecule has 0 radical (unpaired) electrons. The molecule has 0 aromatic heterocycles. The third-order valence-electron chi connectivity index (χ3n) is 3.90. The monoisotopic (exact) mass is 330 g/mol. The maximum atomic E-state index is 12.8. The summed E-state index contributed by atoms with van der Waals surface area (Å²) < 4.78 is 4.61. The van der Waals surface area contributed by atoms with Crippen molar-refractivity contribution in [2.75, 3.05) is 12.1 Å². The van der Waals surface area contributed by atoms with Crippen LogP contribution in [0.15, 0.2) is 29.4 Å². The number of nitriles is 1. The minimum absolute atomic E-state index is 0.121. The molecule has 1 unspecified atom stereocenters. The number of nitrogens with zero attached hydrogens (tertiary/aromatic N) is 4. The molecule has 1 aromatic carbocycles. The largest absolute Gasteiger partial charge is 0.469 e. The number of hydrogen-bond donors (Lipinski definition) is 0. The average molecular weight is 330 g/mol. The Morgan fingerprint density at radius 1 is 1.46 bits per heavy atom. The summed E-state index contributed by atoms with van der Waals surface area (Å²) in [7, 11) is 1.20. The molecule has 9 nitrogen and oxygen atoms in total. The van der Waals surface area contributed by atoms with Crippen molar-refractivity contribution in [3.05, 3.63) is 34.4 Å². The maximum absolute atomic E-state index is 12.8. The fourth-order valence-corrected chi connectivity index (χ4v) is 2.46. The van der Waals surface area contributed by atoms with E-state index in [-0.39, 0.29) is 18.5 Å². The third kappa shape index (κ3) is 2.81. The van der Waals surface area contributed by atoms with Gasteiger partial charge in [-0.25, -0.2) is 0 Å². The molecular formula is C15H14N4O5. The highest BCUT2D eigenvalue weighted by molar-refractivity contribution is 6.20. The summed E-state index contributed by atoms with van der Waals surface area (Å²) in [6.07, 6.45) is -0.519. The predicted molar refractivity (Wildman–Crippen MR) is 83.0 cm³/mol. The molecule has 0 bridgehead atoms. The second kappa shape index (κ2) is 6.45. The number of non-ortho nitro benzene ring substituents is 1. The number of anilines is 1. The van der Waals surface area contributed by atoms with E-state index in [9.17, 15) is 19.7 Å². The van der Waals surface area contributed by atoms with Gasteiger partial charge in [0.15, 0.2) is 0 Å². The third-order valence-corrected chi connectivity index (χ3v) is 3.90. The number of nitro benzene ring substituents is 1. The van der Waals surface area contributed by atoms with Gasteiger partial charge in [-0.1, -0.05) is 0 Å². The minimum Gasteiger partial charge on any atom is -0.469 e. The zero-order valence-corrected chi connectivity index (χ0v) is 13.1. The molecule has 1 atom stereocenters. The lowest BCUT2D eigenvalue weighted by molar-refractivity contribution is -0.384. The summed E-state index contributed by atoms with van der Waals surface area (Å²) in [6, 6.07) is 7.17. The van der Waals surface area contributed by atoms with Crippen molar-refractivity contribution in [3.63, 3.8) is 0 Å². The van der Waals surface area contributed by atoms with Gasteiger partial charge in [-0.15, -0.1) is 0 Å². The SMILES string of the molecule is COC(=O)CC1(CC#N)C(=O)N(c2ccc([N+](=O)[O-])cc2)N=C1C. The molecule has 1 amide bonds. The van der Waals surface area contributed by atoms with E-state index in [1.807, 2.05) is 6.07 Å². The number of ether oxygens (including phenoxy) is 1. The molecule has 9 heteroatoms.